The molecule has 2 heterocycles. The van der Waals surface area contributed by atoms with E-state index in [-0.39, 0.29) is 23.0 Å². The lowest BCUT2D eigenvalue weighted by Crippen LogP contribution is -2.45. The average molecular weight is 300 g/mol. The van der Waals surface area contributed by atoms with Crippen LogP contribution >= 0.6 is 0 Å². The SMILES string of the molecule is CC(C)n1cnc(S(=O)(=O)N2CCC[C@H]([C@@H](C)N)C2)c1. The summed E-state index contributed by atoms with van der Waals surface area (Å²) in [7, 11) is -3.50. The van der Waals surface area contributed by atoms with Gasteiger partial charge in [0.25, 0.3) is 10.0 Å². The highest BCUT2D eigenvalue weighted by molar-refractivity contribution is 7.89. The first-order chi connectivity index (χ1) is 9.32. The molecule has 1 aliphatic rings. The molecule has 0 saturated carbocycles. The van der Waals surface area contributed by atoms with Gasteiger partial charge in [-0.15, -0.1) is 0 Å². The van der Waals surface area contributed by atoms with E-state index in [0.29, 0.717) is 13.1 Å². The zero-order chi connectivity index (χ0) is 14.9. The largest absolute Gasteiger partial charge is 0.334 e. The number of nitrogens with zero attached hydrogens (tertiary/aromatic N) is 3. The van der Waals surface area contributed by atoms with E-state index in [1.165, 1.54) is 4.31 Å². The third-order valence-electron chi connectivity index (χ3n) is 3.94. The maximum Gasteiger partial charge on any atom is 0.262 e. The van der Waals surface area contributed by atoms with Crippen LogP contribution in [0.1, 0.15) is 39.7 Å². The van der Waals surface area contributed by atoms with E-state index in [2.05, 4.69) is 4.98 Å². The van der Waals surface area contributed by atoms with Crippen molar-refractivity contribution >= 4 is 10.0 Å². The zero-order valence-electron chi connectivity index (χ0n) is 12.4. The molecule has 2 rings (SSSR count). The Morgan fingerprint density at radius 2 is 2.10 bits per heavy atom. The maximum atomic E-state index is 12.6. The van der Waals surface area contributed by atoms with Crippen LogP contribution in [0.4, 0.5) is 0 Å². The van der Waals surface area contributed by atoms with Gasteiger partial charge in [0.1, 0.15) is 0 Å². The summed E-state index contributed by atoms with van der Waals surface area (Å²) >= 11 is 0. The molecule has 0 spiro atoms. The number of rotatable bonds is 4. The van der Waals surface area contributed by atoms with Gasteiger partial charge in [-0.2, -0.15) is 4.31 Å². The fourth-order valence-electron chi connectivity index (χ4n) is 2.49. The van der Waals surface area contributed by atoms with E-state index in [1.807, 2.05) is 20.8 Å². The molecule has 0 aliphatic carbocycles. The van der Waals surface area contributed by atoms with E-state index in [4.69, 9.17) is 5.73 Å². The number of piperidine rings is 1. The van der Waals surface area contributed by atoms with Crippen molar-refractivity contribution in [1.82, 2.24) is 13.9 Å². The van der Waals surface area contributed by atoms with Gasteiger partial charge >= 0.3 is 0 Å². The summed E-state index contributed by atoms with van der Waals surface area (Å²) in [6, 6.07) is 0.214. The molecule has 2 N–H and O–H groups in total. The highest BCUT2D eigenvalue weighted by atomic mass is 32.2. The predicted octanol–water partition coefficient (Wildman–Crippen LogP) is 1.21. The fraction of sp³-hybridized carbons (Fsp3) is 0.769. The molecule has 0 aromatic carbocycles. The van der Waals surface area contributed by atoms with Gasteiger partial charge in [-0.3, -0.25) is 0 Å². The fourth-order valence-corrected chi connectivity index (χ4v) is 3.94. The minimum atomic E-state index is -3.50. The van der Waals surface area contributed by atoms with Crippen LogP contribution in [-0.2, 0) is 10.0 Å². The Hall–Kier alpha value is -0.920. The molecule has 114 valence electrons. The van der Waals surface area contributed by atoms with Gasteiger partial charge in [0.15, 0.2) is 5.03 Å². The minimum Gasteiger partial charge on any atom is -0.334 e. The molecular formula is C13H24N4O2S. The normalized spacial score (nSPS) is 23.1. The third kappa shape index (κ3) is 3.05. The van der Waals surface area contributed by atoms with Crippen molar-refractivity contribution in [3.05, 3.63) is 12.5 Å². The molecular weight excluding hydrogens is 276 g/mol. The van der Waals surface area contributed by atoms with Crippen LogP contribution in [0.2, 0.25) is 0 Å². The Morgan fingerprint density at radius 1 is 1.40 bits per heavy atom. The highest BCUT2D eigenvalue weighted by Gasteiger charge is 2.32. The summed E-state index contributed by atoms with van der Waals surface area (Å²) in [5, 5.41) is 0.136. The van der Waals surface area contributed by atoms with E-state index in [9.17, 15) is 8.42 Å². The molecule has 20 heavy (non-hydrogen) atoms. The Bertz CT molecular complexity index is 550. The molecule has 1 aromatic rings. The molecule has 1 fully saturated rings. The Kier molecular flexibility index (Phi) is 4.51. The van der Waals surface area contributed by atoms with Crippen LogP contribution in [0, 0.1) is 5.92 Å². The first kappa shape index (κ1) is 15.5. The summed E-state index contributed by atoms with van der Waals surface area (Å²) in [5.41, 5.74) is 5.91. The molecule has 0 radical (unpaired) electrons. The van der Waals surface area contributed by atoms with Crippen LogP contribution in [-0.4, -0.2) is 41.4 Å². The van der Waals surface area contributed by atoms with E-state index >= 15 is 0 Å². The van der Waals surface area contributed by atoms with Gasteiger partial charge in [0.2, 0.25) is 0 Å². The molecule has 1 saturated heterocycles. The van der Waals surface area contributed by atoms with Gasteiger partial charge in [-0.25, -0.2) is 13.4 Å². The summed E-state index contributed by atoms with van der Waals surface area (Å²) in [6.07, 6.45) is 5.03. The van der Waals surface area contributed by atoms with Gasteiger partial charge in [-0.05, 0) is 39.5 Å². The van der Waals surface area contributed by atoms with Crippen LogP contribution in [0.15, 0.2) is 17.6 Å². The van der Waals surface area contributed by atoms with E-state index in [1.54, 1.807) is 17.1 Å². The molecule has 2 atom stereocenters. The minimum absolute atomic E-state index is 0.0150. The molecule has 1 aromatic heterocycles. The topological polar surface area (TPSA) is 81.2 Å². The number of hydrogen-bond donors (Lipinski definition) is 1. The zero-order valence-corrected chi connectivity index (χ0v) is 13.2. The van der Waals surface area contributed by atoms with Crippen molar-refractivity contribution in [3.8, 4) is 0 Å². The number of nitrogens with two attached hydrogens (primary N) is 1. The molecule has 7 heteroatoms. The molecule has 0 bridgehead atoms. The monoisotopic (exact) mass is 300 g/mol. The van der Waals surface area contributed by atoms with Crippen molar-refractivity contribution in [2.24, 2.45) is 11.7 Å². The molecule has 0 unspecified atom stereocenters. The van der Waals surface area contributed by atoms with Gasteiger partial charge in [0.05, 0.1) is 6.33 Å². The standard InChI is InChI=1S/C13H24N4O2S/c1-10(2)16-8-13(15-9-16)20(18,19)17-6-4-5-12(7-17)11(3)14/h8-12H,4-7,14H2,1-3H3/t11-,12+/m1/s1. The van der Waals surface area contributed by atoms with Crippen LogP contribution in [0.25, 0.3) is 0 Å². The average Bonchev–Trinajstić information content (AvgIpc) is 2.89. The van der Waals surface area contributed by atoms with Gasteiger partial charge in [0, 0.05) is 31.4 Å². The summed E-state index contributed by atoms with van der Waals surface area (Å²) in [6.45, 7) is 6.97. The van der Waals surface area contributed by atoms with Crippen LogP contribution in [0.3, 0.4) is 0 Å². The molecule has 0 amide bonds. The second-order valence-electron chi connectivity index (χ2n) is 5.88. The van der Waals surface area contributed by atoms with Crippen molar-refractivity contribution in [2.75, 3.05) is 13.1 Å². The lowest BCUT2D eigenvalue weighted by Gasteiger charge is -2.33. The molecule has 6 nitrogen and oxygen atoms in total. The van der Waals surface area contributed by atoms with Gasteiger partial charge < -0.3 is 10.3 Å². The van der Waals surface area contributed by atoms with Crippen molar-refractivity contribution in [1.29, 1.82) is 0 Å². The lowest BCUT2D eigenvalue weighted by atomic mass is 9.93. The van der Waals surface area contributed by atoms with Crippen molar-refractivity contribution in [3.63, 3.8) is 0 Å². The summed E-state index contributed by atoms with van der Waals surface area (Å²) < 4.78 is 28.5. The number of sulfonamides is 1. The Balaban J connectivity index is 2.20. The van der Waals surface area contributed by atoms with E-state index in [0.717, 1.165) is 12.8 Å². The second-order valence-corrected chi connectivity index (χ2v) is 7.76. The Morgan fingerprint density at radius 3 is 2.65 bits per heavy atom. The number of imidazole rings is 1. The third-order valence-corrected chi connectivity index (χ3v) is 5.69. The first-order valence-electron chi connectivity index (χ1n) is 7.11. The summed E-state index contributed by atoms with van der Waals surface area (Å²) in [5.74, 6) is 0.228. The van der Waals surface area contributed by atoms with Crippen molar-refractivity contribution in [2.45, 2.75) is 50.7 Å². The predicted molar refractivity (Wildman–Crippen MR) is 77.7 cm³/mol. The van der Waals surface area contributed by atoms with E-state index < -0.39 is 10.0 Å². The first-order valence-corrected chi connectivity index (χ1v) is 8.55. The molecule has 1 aliphatic heterocycles. The Labute approximate surface area is 121 Å². The number of hydrogen-bond acceptors (Lipinski definition) is 4. The maximum absolute atomic E-state index is 12.6. The van der Waals surface area contributed by atoms with Crippen molar-refractivity contribution < 1.29 is 8.42 Å². The van der Waals surface area contributed by atoms with Crippen LogP contribution in [0.5, 0.6) is 0 Å². The number of aromatic nitrogens is 2. The van der Waals surface area contributed by atoms with Gasteiger partial charge in [-0.1, -0.05) is 0 Å². The summed E-state index contributed by atoms with van der Waals surface area (Å²) in [4.78, 5) is 4.06. The van der Waals surface area contributed by atoms with Crippen LogP contribution < -0.4 is 5.73 Å². The lowest BCUT2D eigenvalue weighted by molar-refractivity contribution is 0.242. The smallest absolute Gasteiger partial charge is 0.262 e. The quantitative estimate of drug-likeness (QED) is 0.906. The highest BCUT2D eigenvalue weighted by Crippen LogP contribution is 2.24. The second kappa shape index (κ2) is 5.83.